The summed E-state index contributed by atoms with van der Waals surface area (Å²) in [5.41, 5.74) is 2.67. The van der Waals surface area contributed by atoms with Gasteiger partial charge in [-0.1, -0.05) is 6.07 Å². The standard InChI is InChI=1S/C16H15NO4/c1-9-3-4-11(7-10(9)2)15(19)17-13-6-5-12(16(20)21)8-14(13)18/h3-8,18H,1-2H3,(H,17,19)(H,20,21). The maximum Gasteiger partial charge on any atom is 0.335 e. The van der Waals surface area contributed by atoms with Gasteiger partial charge in [-0.15, -0.1) is 0 Å². The number of aromatic carboxylic acids is 1. The predicted octanol–water partition coefficient (Wildman–Crippen LogP) is 2.96. The maximum atomic E-state index is 12.1. The van der Waals surface area contributed by atoms with Crippen LogP contribution in [0.5, 0.6) is 5.75 Å². The summed E-state index contributed by atoms with van der Waals surface area (Å²) in [5, 5.41) is 21.1. The Balaban J connectivity index is 2.23. The largest absolute Gasteiger partial charge is 0.506 e. The lowest BCUT2D eigenvalue weighted by molar-refractivity contribution is 0.0696. The van der Waals surface area contributed by atoms with Gasteiger partial charge in [0, 0.05) is 5.56 Å². The molecule has 2 rings (SSSR count). The van der Waals surface area contributed by atoms with E-state index in [1.807, 2.05) is 19.9 Å². The number of phenols is 1. The number of carbonyl (C=O) groups is 2. The van der Waals surface area contributed by atoms with E-state index in [-0.39, 0.29) is 22.9 Å². The van der Waals surface area contributed by atoms with Crippen molar-refractivity contribution in [2.24, 2.45) is 0 Å². The molecule has 0 unspecified atom stereocenters. The van der Waals surface area contributed by atoms with E-state index in [1.54, 1.807) is 12.1 Å². The van der Waals surface area contributed by atoms with Gasteiger partial charge >= 0.3 is 5.97 Å². The van der Waals surface area contributed by atoms with Crippen molar-refractivity contribution in [1.29, 1.82) is 0 Å². The molecule has 3 N–H and O–H groups in total. The molecule has 2 aromatic carbocycles. The number of carboxylic acids is 1. The molecule has 0 aliphatic rings. The zero-order valence-electron chi connectivity index (χ0n) is 11.7. The number of benzene rings is 2. The van der Waals surface area contributed by atoms with Crippen LogP contribution in [-0.4, -0.2) is 22.1 Å². The van der Waals surface area contributed by atoms with Crippen LogP contribution >= 0.6 is 0 Å². The Labute approximate surface area is 121 Å². The summed E-state index contributed by atoms with van der Waals surface area (Å²) in [7, 11) is 0. The molecule has 0 saturated carbocycles. The molecule has 0 atom stereocenters. The molecule has 0 saturated heterocycles. The summed E-state index contributed by atoms with van der Waals surface area (Å²) in [6, 6.07) is 9.07. The van der Waals surface area contributed by atoms with Crippen LogP contribution in [0.4, 0.5) is 5.69 Å². The molecule has 108 valence electrons. The fourth-order valence-electron chi connectivity index (χ4n) is 1.85. The molecule has 1 amide bonds. The van der Waals surface area contributed by atoms with Gasteiger partial charge in [0.25, 0.3) is 5.91 Å². The molecule has 0 aliphatic heterocycles. The molecular formula is C16H15NO4. The predicted molar refractivity (Wildman–Crippen MR) is 78.9 cm³/mol. The second-order valence-corrected chi connectivity index (χ2v) is 4.79. The molecule has 5 heteroatoms. The first-order valence-electron chi connectivity index (χ1n) is 6.33. The van der Waals surface area contributed by atoms with Crippen molar-refractivity contribution >= 4 is 17.6 Å². The van der Waals surface area contributed by atoms with E-state index >= 15 is 0 Å². The van der Waals surface area contributed by atoms with Crippen molar-refractivity contribution in [3.63, 3.8) is 0 Å². The number of carboxylic acid groups (broad SMARTS) is 1. The molecule has 0 heterocycles. The number of rotatable bonds is 3. The van der Waals surface area contributed by atoms with Gasteiger partial charge in [0.1, 0.15) is 5.75 Å². The number of amides is 1. The van der Waals surface area contributed by atoms with Crippen LogP contribution in [0.25, 0.3) is 0 Å². The Morgan fingerprint density at radius 3 is 2.19 bits per heavy atom. The number of hydrogen-bond donors (Lipinski definition) is 3. The van der Waals surface area contributed by atoms with Gasteiger partial charge < -0.3 is 15.5 Å². The Morgan fingerprint density at radius 2 is 1.62 bits per heavy atom. The number of nitrogens with one attached hydrogen (secondary N) is 1. The minimum absolute atomic E-state index is 0.0447. The monoisotopic (exact) mass is 285 g/mol. The lowest BCUT2D eigenvalue weighted by Gasteiger charge is -2.09. The number of anilines is 1. The minimum Gasteiger partial charge on any atom is -0.506 e. The normalized spacial score (nSPS) is 10.2. The average molecular weight is 285 g/mol. The second-order valence-electron chi connectivity index (χ2n) is 4.79. The van der Waals surface area contributed by atoms with Gasteiger partial charge in [-0.3, -0.25) is 4.79 Å². The summed E-state index contributed by atoms with van der Waals surface area (Å²) in [5.74, 6) is -1.79. The fraction of sp³-hybridized carbons (Fsp3) is 0.125. The van der Waals surface area contributed by atoms with Gasteiger partial charge in [-0.25, -0.2) is 4.79 Å². The van der Waals surface area contributed by atoms with Gasteiger partial charge in [-0.2, -0.15) is 0 Å². The van der Waals surface area contributed by atoms with E-state index in [9.17, 15) is 14.7 Å². The molecule has 0 bridgehead atoms. The van der Waals surface area contributed by atoms with Crippen LogP contribution in [0.1, 0.15) is 31.8 Å². The molecule has 0 fully saturated rings. The number of hydrogen-bond acceptors (Lipinski definition) is 3. The first kappa shape index (κ1) is 14.6. The lowest BCUT2D eigenvalue weighted by Crippen LogP contribution is -2.12. The number of aromatic hydroxyl groups is 1. The van der Waals surface area contributed by atoms with Crippen molar-refractivity contribution in [3.8, 4) is 5.75 Å². The van der Waals surface area contributed by atoms with E-state index in [1.165, 1.54) is 12.1 Å². The van der Waals surface area contributed by atoms with Crippen molar-refractivity contribution in [2.75, 3.05) is 5.32 Å². The molecule has 0 aliphatic carbocycles. The van der Waals surface area contributed by atoms with E-state index in [2.05, 4.69) is 5.32 Å². The van der Waals surface area contributed by atoms with Crippen LogP contribution in [0.15, 0.2) is 36.4 Å². The highest BCUT2D eigenvalue weighted by molar-refractivity contribution is 6.05. The van der Waals surface area contributed by atoms with Crippen molar-refractivity contribution in [1.82, 2.24) is 0 Å². The third-order valence-corrected chi connectivity index (χ3v) is 3.26. The zero-order valence-corrected chi connectivity index (χ0v) is 11.7. The van der Waals surface area contributed by atoms with Crippen LogP contribution in [0, 0.1) is 13.8 Å². The Hall–Kier alpha value is -2.82. The highest BCUT2D eigenvalue weighted by Crippen LogP contribution is 2.25. The molecule has 5 nitrogen and oxygen atoms in total. The van der Waals surface area contributed by atoms with E-state index in [4.69, 9.17) is 5.11 Å². The zero-order chi connectivity index (χ0) is 15.6. The third-order valence-electron chi connectivity index (χ3n) is 3.26. The van der Waals surface area contributed by atoms with Crippen molar-refractivity contribution < 1.29 is 19.8 Å². The molecule has 21 heavy (non-hydrogen) atoms. The maximum absolute atomic E-state index is 12.1. The van der Waals surface area contributed by atoms with Gasteiger partial charge in [0.05, 0.1) is 11.3 Å². The molecule has 2 aromatic rings. The molecular weight excluding hydrogens is 270 g/mol. The van der Waals surface area contributed by atoms with E-state index in [0.717, 1.165) is 17.2 Å². The number of aryl methyl sites for hydroxylation is 2. The molecule has 0 spiro atoms. The Bertz CT molecular complexity index is 722. The highest BCUT2D eigenvalue weighted by Gasteiger charge is 2.12. The summed E-state index contributed by atoms with van der Waals surface area (Å²) < 4.78 is 0. The van der Waals surface area contributed by atoms with Crippen LogP contribution in [-0.2, 0) is 0 Å². The minimum atomic E-state index is -1.14. The molecule has 0 aromatic heterocycles. The van der Waals surface area contributed by atoms with Gasteiger partial charge in [0.15, 0.2) is 0 Å². The quantitative estimate of drug-likeness (QED) is 0.757. The Kier molecular flexibility index (Phi) is 3.93. The topological polar surface area (TPSA) is 86.6 Å². The van der Waals surface area contributed by atoms with Crippen molar-refractivity contribution in [3.05, 3.63) is 58.7 Å². The molecule has 0 radical (unpaired) electrons. The number of phenolic OH excluding ortho intramolecular Hbond substituents is 1. The SMILES string of the molecule is Cc1ccc(C(=O)Nc2ccc(C(=O)O)cc2O)cc1C. The van der Waals surface area contributed by atoms with Crippen LogP contribution < -0.4 is 5.32 Å². The van der Waals surface area contributed by atoms with Gasteiger partial charge in [0.2, 0.25) is 0 Å². The second kappa shape index (κ2) is 5.66. The third kappa shape index (κ3) is 3.20. The van der Waals surface area contributed by atoms with E-state index < -0.39 is 5.97 Å². The lowest BCUT2D eigenvalue weighted by atomic mass is 10.1. The van der Waals surface area contributed by atoms with Gasteiger partial charge in [-0.05, 0) is 55.3 Å². The Morgan fingerprint density at radius 1 is 0.952 bits per heavy atom. The fourth-order valence-corrected chi connectivity index (χ4v) is 1.85. The summed E-state index contributed by atoms with van der Waals surface area (Å²) >= 11 is 0. The first-order valence-corrected chi connectivity index (χ1v) is 6.33. The van der Waals surface area contributed by atoms with Crippen LogP contribution in [0.3, 0.4) is 0 Å². The summed E-state index contributed by atoms with van der Waals surface area (Å²) in [4.78, 5) is 22.9. The smallest absolute Gasteiger partial charge is 0.335 e. The van der Waals surface area contributed by atoms with E-state index in [0.29, 0.717) is 5.56 Å². The summed E-state index contributed by atoms with van der Waals surface area (Å²) in [6.07, 6.45) is 0. The van der Waals surface area contributed by atoms with Crippen molar-refractivity contribution in [2.45, 2.75) is 13.8 Å². The van der Waals surface area contributed by atoms with Crippen LogP contribution in [0.2, 0.25) is 0 Å². The first-order chi connectivity index (χ1) is 9.88. The summed E-state index contributed by atoms with van der Waals surface area (Å²) in [6.45, 7) is 3.86. The number of carbonyl (C=O) groups excluding carboxylic acids is 1. The average Bonchev–Trinajstić information content (AvgIpc) is 2.43. The highest BCUT2D eigenvalue weighted by atomic mass is 16.4.